The quantitative estimate of drug-likeness (QED) is 0.639. The van der Waals surface area contributed by atoms with Crippen LogP contribution in [-0.4, -0.2) is 27.5 Å². The van der Waals surface area contributed by atoms with Gasteiger partial charge in [0, 0.05) is 22.2 Å². The molecule has 0 radical (unpaired) electrons. The maximum Gasteiger partial charge on any atom is 0.237 e. The van der Waals surface area contributed by atoms with Gasteiger partial charge < -0.3 is 16.8 Å². The molecule has 1 unspecified atom stereocenters. The van der Waals surface area contributed by atoms with Crippen LogP contribution in [0, 0.1) is 6.92 Å². The molecule has 1 atom stereocenters. The highest BCUT2D eigenvalue weighted by Gasteiger charge is 2.11. The summed E-state index contributed by atoms with van der Waals surface area (Å²) >= 11 is 0. The molecule has 0 spiro atoms. The van der Waals surface area contributed by atoms with Gasteiger partial charge in [0.25, 0.3) is 0 Å². The molecule has 1 aromatic rings. The van der Waals surface area contributed by atoms with Gasteiger partial charge in [0.05, 0.1) is 0 Å². The Balaban J connectivity index is 2.62. The summed E-state index contributed by atoms with van der Waals surface area (Å²) in [7, 11) is -1.58. The Morgan fingerprint density at radius 3 is 2.61 bits per heavy atom. The predicted octanol–water partition coefficient (Wildman–Crippen LogP) is -0.250. The van der Waals surface area contributed by atoms with E-state index in [-0.39, 0.29) is 11.5 Å². The smallest absolute Gasteiger partial charge is 0.237 e. The van der Waals surface area contributed by atoms with Gasteiger partial charge in [0.2, 0.25) is 11.8 Å². The lowest BCUT2D eigenvalue weighted by molar-refractivity contribution is -0.115. The van der Waals surface area contributed by atoms with Crippen LogP contribution in [0.1, 0.15) is 5.56 Å². The first-order valence-electron chi connectivity index (χ1n) is 5.17. The van der Waals surface area contributed by atoms with Crippen LogP contribution in [0.4, 0.5) is 11.4 Å². The average Bonchev–Trinajstić information content (AvgIpc) is 2.21. The summed E-state index contributed by atoms with van der Waals surface area (Å²) in [5.74, 6) is -1.72. The number of aryl methyl sites for hydroxylation is 1. The minimum absolute atomic E-state index is 0.267. The molecule has 0 heterocycles. The Hall–Kier alpha value is -1.89. The van der Waals surface area contributed by atoms with Crippen molar-refractivity contribution in [3.63, 3.8) is 0 Å². The van der Waals surface area contributed by atoms with Gasteiger partial charge in [-0.3, -0.25) is 13.8 Å². The van der Waals surface area contributed by atoms with Crippen molar-refractivity contribution in [3.8, 4) is 0 Å². The van der Waals surface area contributed by atoms with Crippen molar-refractivity contribution in [3.05, 3.63) is 23.8 Å². The van der Waals surface area contributed by atoms with Crippen molar-refractivity contribution in [2.45, 2.75) is 6.92 Å². The first-order valence-corrected chi connectivity index (χ1v) is 6.66. The summed E-state index contributed by atoms with van der Waals surface area (Å²) in [6.07, 6.45) is 0. The van der Waals surface area contributed by atoms with Crippen LogP contribution in [0.5, 0.6) is 0 Å². The lowest BCUT2D eigenvalue weighted by Gasteiger charge is -2.08. The highest BCUT2D eigenvalue weighted by molar-refractivity contribution is 7.86. The van der Waals surface area contributed by atoms with Crippen LogP contribution >= 0.6 is 0 Å². The van der Waals surface area contributed by atoms with Crippen molar-refractivity contribution < 1.29 is 13.8 Å². The van der Waals surface area contributed by atoms with Crippen LogP contribution in [0.25, 0.3) is 0 Å². The zero-order valence-electron chi connectivity index (χ0n) is 9.93. The fourth-order valence-electron chi connectivity index (χ4n) is 1.32. The highest BCUT2D eigenvalue weighted by atomic mass is 32.2. The molecular weight excluding hydrogens is 254 g/mol. The van der Waals surface area contributed by atoms with E-state index in [9.17, 15) is 13.8 Å². The Kier molecular flexibility index (Phi) is 4.85. The van der Waals surface area contributed by atoms with Gasteiger partial charge in [-0.2, -0.15) is 0 Å². The molecular formula is C11H15N3O3S. The monoisotopic (exact) mass is 269 g/mol. The Morgan fingerprint density at radius 2 is 2.00 bits per heavy atom. The number of carbonyl (C=O) groups excluding carboxylic acids is 2. The standard InChI is InChI=1S/C11H15N3O3S/c1-7-2-3-8(12)4-9(7)14-11(16)6-18(17)5-10(13)15/h2-4H,5-6,12H2,1H3,(H2,13,15)(H,14,16). The van der Waals surface area contributed by atoms with Gasteiger partial charge >= 0.3 is 0 Å². The van der Waals surface area contributed by atoms with E-state index in [1.807, 2.05) is 6.92 Å². The maximum absolute atomic E-state index is 11.6. The first-order chi connectivity index (χ1) is 8.38. The SMILES string of the molecule is Cc1ccc(N)cc1NC(=O)CS(=O)CC(N)=O. The number of anilines is 2. The van der Waals surface area contributed by atoms with Gasteiger partial charge in [-0.1, -0.05) is 6.07 Å². The third-order valence-electron chi connectivity index (χ3n) is 2.13. The number of hydrogen-bond acceptors (Lipinski definition) is 4. The van der Waals surface area contributed by atoms with Gasteiger partial charge in [-0.05, 0) is 24.6 Å². The third-order valence-corrected chi connectivity index (χ3v) is 3.32. The van der Waals surface area contributed by atoms with Crippen LogP contribution in [0.2, 0.25) is 0 Å². The van der Waals surface area contributed by atoms with Gasteiger partial charge in [-0.15, -0.1) is 0 Å². The normalized spacial score (nSPS) is 11.8. The van der Waals surface area contributed by atoms with Crippen LogP contribution in [-0.2, 0) is 20.4 Å². The van der Waals surface area contributed by atoms with Crippen LogP contribution in [0.3, 0.4) is 0 Å². The Morgan fingerprint density at radius 1 is 1.33 bits per heavy atom. The molecule has 0 saturated carbocycles. The summed E-state index contributed by atoms with van der Waals surface area (Å²) in [6, 6.07) is 5.10. The van der Waals surface area contributed by atoms with E-state index >= 15 is 0 Å². The Labute approximate surface area is 107 Å². The number of rotatable bonds is 5. The molecule has 0 saturated heterocycles. The van der Waals surface area contributed by atoms with E-state index in [4.69, 9.17) is 11.5 Å². The van der Waals surface area contributed by atoms with Gasteiger partial charge in [0.15, 0.2) is 0 Å². The first kappa shape index (κ1) is 14.2. The number of primary amides is 1. The second-order valence-electron chi connectivity index (χ2n) is 3.82. The largest absolute Gasteiger partial charge is 0.399 e. The van der Waals surface area contributed by atoms with E-state index in [1.54, 1.807) is 18.2 Å². The lowest BCUT2D eigenvalue weighted by atomic mass is 10.2. The molecule has 18 heavy (non-hydrogen) atoms. The molecule has 6 nitrogen and oxygen atoms in total. The lowest BCUT2D eigenvalue weighted by Crippen LogP contribution is -2.26. The second-order valence-corrected chi connectivity index (χ2v) is 5.27. The minimum Gasteiger partial charge on any atom is -0.399 e. The van der Waals surface area contributed by atoms with Crippen molar-refractivity contribution in [1.29, 1.82) is 0 Å². The molecule has 0 aliphatic heterocycles. The number of nitrogens with two attached hydrogens (primary N) is 2. The second kappa shape index (κ2) is 6.15. The summed E-state index contributed by atoms with van der Waals surface area (Å²) in [5, 5.41) is 2.59. The summed E-state index contributed by atoms with van der Waals surface area (Å²) in [4.78, 5) is 22.1. The number of nitrogens with one attached hydrogen (secondary N) is 1. The maximum atomic E-state index is 11.6. The summed E-state index contributed by atoms with van der Waals surface area (Å²) in [6.45, 7) is 1.81. The van der Waals surface area contributed by atoms with E-state index in [0.717, 1.165) is 5.56 Å². The van der Waals surface area contributed by atoms with E-state index in [1.165, 1.54) is 0 Å². The van der Waals surface area contributed by atoms with Crippen molar-refractivity contribution in [2.75, 3.05) is 22.6 Å². The molecule has 2 amide bonds. The number of amides is 2. The Bertz CT molecular complexity index is 502. The zero-order valence-corrected chi connectivity index (χ0v) is 10.8. The molecule has 1 aromatic carbocycles. The molecule has 0 bridgehead atoms. The van der Waals surface area contributed by atoms with E-state index in [0.29, 0.717) is 11.4 Å². The van der Waals surface area contributed by atoms with Crippen molar-refractivity contribution in [2.24, 2.45) is 5.73 Å². The summed E-state index contributed by atoms with van der Waals surface area (Å²) < 4.78 is 11.3. The zero-order chi connectivity index (χ0) is 13.7. The minimum atomic E-state index is -1.58. The molecule has 7 heteroatoms. The molecule has 0 aliphatic carbocycles. The number of benzene rings is 1. The number of hydrogen-bond donors (Lipinski definition) is 3. The fraction of sp³-hybridized carbons (Fsp3) is 0.273. The predicted molar refractivity (Wildman–Crippen MR) is 71.3 cm³/mol. The molecule has 0 fully saturated rings. The summed E-state index contributed by atoms with van der Waals surface area (Å²) in [5.41, 5.74) is 12.4. The average molecular weight is 269 g/mol. The number of nitrogen functional groups attached to an aromatic ring is 1. The molecule has 1 rings (SSSR count). The fourth-order valence-corrected chi connectivity index (χ4v) is 2.10. The highest BCUT2D eigenvalue weighted by Crippen LogP contribution is 2.17. The van der Waals surface area contributed by atoms with Crippen molar-refractivity contribution >= 4 is 34.0 Å². The number of carbonyl (C=O) groups is 2. The molecule has 5 N–H and O–H groups in total. The van der Waals surface area contributed by atoms with Crippen LogP contribution in [0.15, 0.2) is 18.2 Å². The molecule has 0 aromatic heterocycles. The molecule has 98 valence electrons. The molecule has 0 aliphatic rings. The van der Waals surface area contributed by atoms with E-state index < -0.39 is 22.6 Å². The third kappa shape index (κ3) is 4.54. The van der Waals surface area contributed by atoms with Crippen LogP contribution < -0.4 is 16.8 Å². The van der Waals surface area contributed by atoms with Crippen molar-refractivity contribution in [1.82, 2.24) is 0 Å². The van der Waals surface area contributed by atoms with Gasteiger partial charge in [0.1, 0.15) is 11.5 Å². The van der Waals surface area contributed by atoms with E-state index in [2.05, 4.69) is 5.32 Å². The van der Waals surface area contributed by atoms with Gasteiger partial charge in [-0.25, -0.2) is 0 Å². The topological polar surface area (TPSA) is 115 Å².